The summed E-state index contributed by atoms with van der Waals surface area (Å²) in [6, 6.07) is 6.71. The van der Waals surface area contributed by atoms with Crippen LogP contribution in [0.5, 0.6) is 0 Å². The molecule has 6 heteroatoms. The molecular formula is C13H19BrClNO2S. The zero-order chi connectivity index (χ0) is 14.7. The summed E-state index contributed by atoms with van der Waals surface area (Å²) in [5.41, 5.74) is 0.0746. The Morgan fingerprint density at radius 3 is 2.42 bits per heavy atom. The maximum absolute atomic E-state index is 12.1. The van der Waals surface area contributed by atoms with Crippen molar-refractivity contribution in [1.29, 1.82) is 0 Å². The minimum atomic E-state index is -3.52. The molecule has 0 spiro atoms. The second-order valence-corrected chi connectivity index (χ2v) is 8.85. The van der Waals surface area contributed by atoms with E-state index in [1.165, 1.54) is 0 Å². The first-order valence-corrected chi connectivity index (χ1v) is 8.71. The summed E-state index contributed by atoms with van der Waals surface area (Å²) in [7, 11) is -3.52. The van der Waals surface area contributed by atoms with Gasteiger partial charge in [-0.25, -0.2) is 13.1 Å². The summed E-state index contributed by atoms with van der Waals surface area (Å²) >= 11 is 9.40. The van der Waals surface area contributed by atoms with Gasteiger partial charge in [-0.05, 0) is 39.9 Å². The van der Waals surface area contributed by atoms with E-state index < -0.39 is 10.0 Å². The van der Waals surface area contributed by atoms with Gasteiger partial charge in [0.15, 0.2) is 0 Å². The normalized spacial score (nSPS) is 14.4. The van der Waals surface area contributed by atoms with E-state index in [4.69, 9.17) is 11.6 Å². The largest absolute Gasteiger partial charge is 0.241 e. The molecule has 0 aliphatic carbocycles. The van der Waals surface area contributed by atoms with Crippen LogP contribution in [0.15, 0.2) is 33.6 Å². The molecule has 1 unspecified atom stereocenters. The fourth-order valence-corrected chi connectivity index (χ4v) is 4.39. The Morgan fingerprint density at radius 1 is 1.32 bits per heavy atom. The highest BCUT2D eigenvalue weighted by molar-refractivity contribution is 9.10. The summed E-state index contributed by atoms with van der Waals surface area (Å²) in [5.74, 6) is 0. The van der Waals surface area contributed by atoms with Gasteiger partial charge >= 0.3 is 0 Å². The van der Waals surface area contributed by atoms with Gasteiger partial charge < -0.3 is 0 Å². The molecule has 3 nitrogen and oxygen atoms in total. The number of rotatable bonds is 5. The van der Waals surface area contributed by atoms with Crippen LogP contribution in [-0.2, 0) is 10.0 Å². The number of halogens is 2. The second-order valence-electron chi connectivity index (χ2n) is 5.64. The molecule has 1 N–H and O–H groups in total. The maximum Gasteiger partial charge on any atom is 0.241 e. The smallest absolute Gasteiger partial charge is 0.210 e. The van der Waals surface area contributed by atoms with Crippen molar-refractivity contribution in [3.05, 3.63) is 28.7 Å². The van der Waals surface area contributed by atoms with Gasteiger partial charge in [0.25, 0.3) is 0 Å². The standard InChI is InChI=1S/C13H19BrClNO2S/c1-13(2,3)8-10(15)9-16-19(17,18)12-7-5-4-6-11(12)14/h4-7,10,16H,8-9H2,1-3H3. The van der Waals surface area contributed by atoms with Crippen LogP contribution in [0.2, 0.25) is 0 Å². The minimum Gasteiger partial charge on any atom is -0.210 e. The van der Waals surface area contributed by atoms with E-state index in [1.54, 1.807) is 24.3 Å². The molecule has 0 saturated heterocycles. The van der Waals surface area contributed by atoms with Gasteiger partial charge in [-0.1, -0.05) is 32.9 Å². The van der Waals surface area contributed by atoms with Gasteiger partial charge in [0.2, 0.25) is 10.0 Å². The van der Waals surface area contributed by atoms with Gasteiger partial charge in [-0.2, -0.15) is 0 Å². The average Bonchev–Trinajstić information content (AvgIpc) is 2.24. The third-order valence-electron chi connectivity index (χ3n) is 2.45. The molecule has 0 aliphatic heterocycles. The summed E-state index contributed by atoms with van der Waals surface area (Å²) in [5, 5.41) is -0.225. The molecule has 0 amide bonds. The summed E-state index contributed by atoms with van der Waals surface area (Å²) in [6.45, 7) is 6.45. The number of hydrogen-bond acceptors (Lipinski definition) is 2. The molecule has 1 aromatic carbocycles. The van der Waals surface area contributed by atoms with E-state index in [0.717, 1.165) is 6.42 Å². The van der Waals surface area contributed by atoms with Crippen LogP contribution in [0.3, 0.4) is 0 Å². The van der Waals surface area contributed by atoms with Crippen LogP contribution in [-0.4, -0.2) is 20.3 Å². The molecule has 0 aliphatic rings. The number of sulfonamides is 1. The van der Waals surface area contributed by atoms with Crippen LogP contribution in [0.1, 0.15) is 27.2 Å². The third kappa shape index (κ3) is 5.81. The van der Waals surface area contributed by atoms with Crippen molar-refractivity contribution >= 4 is 37.6 Å². The fourth-order valence-electron chi connectivity index (χ4n) is 1.68. The van der Waals surface area contributed by atoms with Crippen molar-refractivity contribution in [3.8, 4) is 0 Å². The molecule has 1 aromatic rings. The van der Waals surface area contributed by atoms with Crippen molar-refractivity contribution in [2.45, 2.75) is 37.5 Å². The Hall–Kier alpha value is -0.100. The molecule has 1 rings (SSSR count). The molecule has 0 radical (unpaired) electrons. The second kappa shape index (κ2) is 6.57. The Labute approximate surface area is 128 Å². The molecule has 0 bridgehead atoms. The number of hydrogen-bond donors (Lipinski definition) is 1. The first-order chi connectivity index (χ1) is 8.62. The highest BCUT2D eigenvalue weighted by atomic mass is 79.9. The van der Waals surface area contributed by atoms with Gasteiger partial charge in [0, 0.05) is 16.4 Å². The molecule has 19 heavy (non-hydrogen) atoms. The lowest BCUT2D eigenvalue weighted by Gasteiger charge is -2.22. The lowest BCUT2D eigenvalue weighted by molar-refractivity contribution is 0.369. The molecule has 0 saturated carbocycles. The molecule has 0 aromatic heterocycles. The Morgan fingerprint density at radius 2 is 1.89 bits per heavy atom. The first-order valence-electron chi connectivity index (χ1n) is 6.00. The minimum absolute atomic E-state index is 0.0746. The first kappa shape index (κ1) is 17.0. The van der Waals surface area contributed by atoms with Gasteiger partial charge in [0.05, 0.1) is 4.90 Å². The van der Waals surface area contributed by atoms with Gasteiger partial charge in [-0.15, -0.1) is 11.6 Å². The average molecular weight is 369 g/mol. The Bertz CT molecular complexity index is 526. The molecule has 108 valence electrons. The van der Waals surface area contributed by atoms with Crippen LogP contribution >= 0.6 is 27.5 Å². The summed E-state index contributed by atoms with van der Waals surface area (Å²) in [4.78, 5) is 0.231. The third-order valence-corrected chi connectivity index (χ3v) is 5.20. The SMILES string of the molecule is CC(C)(C)CC(Cl)CNS(=O)(=O)c1ccccc1Br. The maximum atomic E-state index is 12.1. The van der Waals surface area contributed by atoms with Crippen molar-refractivity contribution in [2.75, 3.05) is 6.54 Å². The monoisotopic (exact) mass is 367 g/mol. The van der Waals surface area contributed by atoms with Crippen molar-refractivity contribution < 1.29 is 8.42 Å². The van der Waals surface area contributed by atoms with E-state index >= 15 is 0 Å². The lowest BCUT2D eigenvalue weighted by Crippen LogP contribution is -2.31. The number of nitrogens with one attached hydrogen (secondary N) is 1. The van der Waals surface area contributed by atoms with Crippen molar-refractivity contribution in [3.63, 3.8) is 0 Å². The van der Waals surface area contributed by atoms with Crippen LogP contribution in [0.4, 0.5) is 0 Å². The van der Waals surface area contributed by atoms with Crippen molar-refractivity contribution in [1.82, 2.24) is 4.72 Å². The quantitative estimate of drug-likeness (QED) is 0.804. The van der Waals surface area contributed by atoms with E-state index in [9.17, 15) is 8.42 Å². The molecular weight excluding hydrogens is 350 g/mol. The zero-order valence-corrected chi connectivity index (χ0v) is 14.4. The molecule has 0 fully saturated rings. The molecule has 1 atom stereocenters. The van der Waals surface area contributed by atoms with Crippen molar-refractivity contribution in [2.24, 2.45) is 5.41 Å². The van der Waals surface area contributed by atoms with E-state index in [-0.39, 0.29) is 22.2 Å². The number of benzene rings is 1. The van der Waals surface area contributed by atoms with Crippen LogP contribution in [0, 0.1) is 5.41 Å². The fraction of sp³-hybridized carbons (Fsp3) is 0.538. The van der Waals surface area contributed by atoms with Gasteiger partial charge in [0.1, 0.15) is 0 Å². The lowest BCUT2D eigenvalue weighted by atomic mass is 9.90. The highest BCUT2D eigenvalue weighted by Crippen LogP contribution is 2.24. The topological polar surface area (TPSA) is 46.2 Å². The number of alkyl halides is 1. The van der Waals surface area contributed by atoms with E-state index in [2.05, 4.69) is 41.4 Å². The Balaban J connectivity index is 2.70. The van der Waals surface area contributed by atoms with E-state index in [0.29, 0.717) is 4.47 Å². The van der Waals surface area contributed by atoms with Gasteiger partial charge in [-0.3, -0.25) is 0 Å². The summed E-state index contributed by atoms with van der Waals surface area (Å²) in [6.07, 6.45) is 0.743. The highest BCUT2D eigenvalue weighted by Gasteiger charge is 2.21. The summed E-state index contributed by atoms with van der Waals surface area (Å²) < 4.78 is 27.3. The predicted octanol–water partition coefficient (Wildman–Crippen LogP) is 3.77. The van der Waals surface area contributed by atoms with E-state index in [1.807, 2.05) is 0 Å². The Kier molecular flexibility index (Phi) is 5.86. The molecule has 0 heterocycles. The predicted molar refractivity (Wildman–Crippen MR) is 83.0 cm³/mol. The van der Waals surface area contributed by atoms with Crippen LogP contribution < -0.4 is 4.72 Å². The zero-order valence-electron chi connectivity index (χ0n) is 11.3. The van der Waals surface area contributed by atoms with Crippen LogP contribution in [0.25, 0.3) is 0 Å².